The maximum absolute atomic E-state index is 13.3. The number of carbonyl (C=O) groups excluding carboxylic acids is 1. The van der Waals surface area contributed by atoms with Crippen LogP contribution in [-0.2, 0) is 17.8 Å². The third-order valence-corrected chi connectivity index (χ3v) is 6.21. The van der Waals surface area contributed by atoms with Crippen molar-refractivity contribution in [1.82, 2.24) is 29.6 Å². The van der Waals surface area contributed by atoms with Crippen LogP contribution >= 0.6 is 0 Å². The van der Waals surface area contributed by atoms with Crippen molar-refractivity contribution in [3.8, 4) is 5.82 Å². The van der Waals surface area contributed by atoms with Gasteiger partial charge in [-0.05, 0) is 62.2 Å². The van der Waals surface area contributed by atoms with Crippen LogP contribution in [0.5, 0.6) is 0 Å². The molecular formula is C25H28N8O2. The largest absolute Gasteiger partial charge is 0.324 e. The lowest BCUT2D eigenvalue weighted by atomic mass is 10.0. The second-order valence-corrected chi connectivity index (χ2v) is 8.95. The molecule has 10 heteroatoms. The van der Waals surface area contributed by atoms with E-state index >= 15 is 0 Å². The molecule has 0 aliphatic carbocycles. The third kappa shape index (κ3) is 4.17. The second kappa shape index (κ2) is 8.95. The van der Waals surface area contributed by atoms with Crippen molar-refractivity contribution in [1.29, 1.82) is 0 Å². The molecule has 35 heavy (non-hydrogen) atoms. The van der Waals surface area contributed by atoms with Gasteiger partial charge in [-0.15, -0.1) is 0 Å². The predicted molar refractivity (Wildman–Crippen MR) is 136 cm³/mol. The molecule has 0 unspecified atom stereocenters. The topological polar surface area (TPSA) is 110 Å². The summed E-state index contributed by atoms with van der Waals surface area (Å²) in [7, 11) is 1.66. The average Bonchev–Trinajstić information content (AvgIpc) is 3.15. The summed E-state index contributed by atoms with van der Waals surface area (Å²) in [4.78, 5) is 40.4. The highest BCUT2D eigenvalue weighted by atomic mass is 16.2. The number of amides is 1. The van der Waals surface area contributed by atoms with Gasteiger partial charge < -0.3 is 15.5 Å². The van der Waals surface area contributed by atoms with Crippen LogP contribution in [0.4, 0.5) is 17.5 Å². The molecule has 2 N–H and O–H groups in total. The molecule has 0 radical (unpaired) electrons. The summed E-state index contributed by atoms with van der Waals surface area (Å²) in [5, 5.41) is 7.06. The minimum absolute atomic E-state index is 0.137. The van der Waals surface area contributed by atoms with E-state index in [1.54, 1.807) is 40.8 Å². The number of pyridine rings is 1. The monoisotopic (exact) mass is 472 g/mol. The van der Waals surface area contributed by atoms with Crippen LogP contribution in [0.15, 0.2) is 47.4 Å². The van der Waals surface area contributed by atoms with E-state index in [1.807, 2.05) is 19.9 Å². The van der Waals surface area contributed by atoms with E-state index in [9.17, 15) is 9.59 Å². The van der Waals surface area contributed by atoms with Crippen LogP contribution in [0.1, 0.15) is 37.9 Å². The first-order valence-corrected chi connectivity index (χ1v) is 11.6. The van der Waals surface area contributed by atoms with E-state index in [2.05, 4.69) is 32.7 Å². The molecule has 0 atom stereocenters. The summed E-state index contributed by atoms with van der Waals surface area (Å²) in [5.41, 5.74) is 3.72. The standard InChI is InChI=1S/C25H28N8O2/c1-15(2)32-24(35)20-14-27-25(28-19-9-8-17-10-11-26-13-18(17)12-19)30-23(20)33(32)22-7-5-6-21(29-22)31(4)16(3)34/h5-9,12,14-15,26H,10-11,13H2,1-4H3,(H,27,28,30). The summed E-state index contributed by atoms with van der Waals surface area (Å²) in [6, 6.07) is 11.4. The fourth-order valence-corrected chi connectivity index (χ4v) is 4.31. The maximum atomic E-state index is 13.3. The maximum Gasteiger partial charge on any atom is 0.278 e. The van der Waals surface area contributed by atoms with Gasteiger partial charge in [-0.3, -0.25) is 9.59 Å². The van der Waals surface area contributed by atoms with Crippen LogP contribution < -0.4 is 21.1 Å². The number of carbonyl (C=O) groups is 1. The van der Waals surface area contributed by atoms with Gasteiger partial charge in [0.2, 0.25) is 11.9 Å². The molecule has 0 saturated carbocycles. The first-order chi connectivity index (χ1) is 16.8. The highest BCUT2D eigenvalue weighted by Gasteiger charge is 2.21. The molecule has 0 fully saturated rings. The van der Waals surface area contributed by atoms with Crippen LogP contribution in [-0.4, -0.2) is 43.8 Å². The Kier molecular flexibility index (Phi) is 5.81. The van der Waals surface area contributed by atoms with Gasteiger partial charge in [-0.2, -0.15) is 4.98 Å². The molecule has 1 aliphatic heterocycles. The summed E-state index contributed by atoms with van der Waals surface area (Å²) < 4.78 is 3.30. The fourth-order valence-electron chi connectivity index (χ4n) is 4.31. The summed E-state index contributed by atoms with van der Waals surface area (Å²) >= 11 is 0. The van der Waals surface area contributed by atoms with Crippen molar-refractivity contribution in [3.05, 3.63) is 64.1 Å². The molecule has 1 aromatic carbocycles. The number of aromatic nitrogens is 5. The second-order valence-electron chi connectivity index (χ2n) is 8.95. The number of nitrogens with one attached hydrogen (secondary N) is 2. The summed E-state index contributed by atoms with van der Waals surface area (Å²) in [6.07, 6.45) is 2.56. The fraction of sp³-hybridized carbons (Fsp3) is 0.320. The van der Waals surface area contributed by atoms with Crippen molar-refractivity contribution in [2.24, 2.45) is 0 Å². The Hall–Kier alpha value is -4.05. The van der Waals surface area contributed by atoms with Crippen molar-refractivity contribution in [2.75, 3.05) is 23.8 Å². The zero-order chi connectivity index (χ0) is 24.7. The van der Waals surface area contributed by atoms with Crippen LogP contribution in [0.2, 0.25) is 0 Å². The lowest BCUT2D eigenvalue weighted by Crippen LogP contribution is -2.26. The molecule has 3 aromatic heterocycles. The lowest BCUT2D eigenvalue weighted by molar-refractivity contribution is -0.116. The number of anilines is 3. The highest BCUT2D eigenvalue weighted by molar-refractivity contribution is 5.89. The number of hydrogen-bond donors (Lipinski definition) is 2. The van der Waals surface area contributed by atoms with Crippen LogP contribution in [0, 0.1) is 0 Å². The molecule has 4 heterocycles. The van der Waals surface area contributed by atoms with Gasteiger partial charge in [0.1, 0.15) is 11.2 Å². The molecule has 4 aromatic rings. The summed E-state index contributed by atoms with van der Waals surface area (Å²) in [5.74, 6) is 1.21. The molecule has 0 bridgehead atoms. The molecule has 0 saturated heterocycles. The molecule has 5 rings (SSSR count). The third-order valence-electron chi connectivity index (χ3n) is 6.21. The first-order valence-electron chi connectivity index (χ1n) is 11.6. The smallest absolute Gasteiger partial charge is 0.278 e. The zero-order valence-electron chi connectivity index (χ0n) is 20.2. The Morgan fingerprint density at radius 1 is 1.17 bits per heavy atom. The molecule has 0 spiro atoms. The molecule has 180 valence electrons. The van der Waals surface area contributed by atoms with Crippen molar-refractivity contribution in [2.45, 2.75) is 39.8 Å². The summed E-state index contributed by atoms with van der Waals surface area (Å²) in [6.45, 7) is 7.15. The van der Waals surface area contributed by atoms with Crippen LogP contribution in [0.25, 0.3) is 16.9 Å². The minimum Gasteiger partial charge on any atom is -0.324 e. The molecule has 1 amide bonds. The highest BCUT2D eigenvalue weighted by Crippen LogP contribution is 2.23. The molecular weight excluding hydrogens is 444 g/mol. The number of rotatable bonds is 5. The number of nitrogens with zero attached hydrogens (tertiary/aromatic N) is 6. The van der Waals surface area contributed by atoms with Gasteiger partial charge in [0.05, 0.1) is 0 Å². The normalized spacial score (nSPS) is 13.2. The molecule has 1 aliphatic rings. The Morgan fingerprint density at radius 3 is 2.77 bits per heavy atom. The van der Waals surface area contributed by atoms with E-state index in [1.165, 1.54) is 23.0 Å². The number of fused-ring (bicyclic) bond motifs is 2. The quantitative estimate of drug-likeness (QED) is 0.460. The van der Waals surface area contributed by atoms with Gasteiger partial charge in [-0.25, -0.2) is 19.3 Å². The van der Waals surface area contributed by atoms with E-state index in [0.717, 1.165) is 25.2 Å². The SMILES string of the molecule is CC(=O)N(C)c1cccc(-n2c3nc(Nc4ccc5c(c4)CNCC5)ncc3c(=O)n2C(C)C)n1. The Morgan fingerprint density at radius 2 is 2.00 bits per heavy atom. The van der Waals surface area contributed by atoms with Crippen molar-refractivity contribution in [3.63, 3.8) is 0 Å². The lowest BCUT2D eigenvalue weighted by Gasteiger charge is -2.18. The van der Waals surface area contributed by atoms with Gasteiger partial charge >= 0.3 is 0 Å². The Bertz CT molecular complexity index is 1490. The van der Waals surface area contributed by atoms with Gasteiger partial charge in [0.25, 0.3) is 5.56 Å². The Balaban J connectivity index is 1.62. The van der Waals surface area contributed by atoms with Gasteiger partial charge in [0.15, 0.2) is 11.5 Å². The minimum atomic E-state index is -0.200. The Labute approximate surface area is 202 Å². The predicted octanol–water partition coefficient (Wildman–Crippen LogP) is 2.93. The van der Waals surface area contributed by atoms with E-state index in [-0.39, 0.29) is 17.5 Å². The molecule has 10 nitrogen and oxygen atoms in total. The van der Waals surface area contributed by atoms with Crippen molar-refractivity contribution < 1.29 is 4.79 Å². The number of benzene rings is 1. The zero-order valence-corrected chi connectivity index (χ0v) is 20.2. The first kappa shape index (κ1) is 22.7. The number of hydrogen-bond acceptors (Lipinski definition) is 7. The van der Waals surface area contributed by atoms with Gasteiger partial charge in [0, 0.05) is 38.4 Å². The average molecular weight is 473 g/mol. The van der Waals surface area contributed by atoms with Gasteiger partial charge in [-0.1, -0.05) is 12.1 Å². The van der Waals surface area contributed by atoms with E-state index in [0.29, 0.717) is 28.6 Å². The van der Waals surface area contributed by atoms with E-state index in [4.69, 9.17) is 4.98 Å². The van der Waals surface area contributed by atoms with Crippen molar-refractivity contribution >= 4 is 34.4 Å². The van der Waals surface area contributed by atoms with Crippen LogP contribution in [0.3, 0.4) is 0 Å². The van der Waals surface area contributed by atoms with E-state index < -0.39 is 0 Å².